The van der Waals surface area contributed by atoms with Crippen molar-refractivity contribution in [2.24, 2.45) is 17.3 Å². The molecular weight excluding hydrogens is 342 g/mol. The SMILES string of the molecule is CN(C)C(=O)[C@@]12CCCN(C(=O)C3CCC3)C[C@@H]1CN(c1ncccn1)C2. The number of amides is 2. The smallest absolute Gasteiger partial charge is 0.230 e. The van der Waals surface area contributed by atoms with Gasteiger partial charge in [0, 0.05) is 64.5 Å². The molecular formula is C20H29N5O2. The van der Waals surface area contributed by atoms with E-state index in [9.17, 15) is 9.59 Å². The zero-order valence-electron chi connectivity index (χ0n) is 16.3. The molecule has 0 N–H and O–H groups in total. The Bertz CT molecular complexity index is 706. The number of carbonyl (C=O) groups is 2. The van der Waals surface area contributed by atoms with E-state index in [1.165, 1.54) is 0 Å². The van der Waals surface area contributed by atoms with E-state index in [0.717, 1.165) is 45.2 Å². The summed E-state index contributed by atoms with van der Waals surface area (Å²) in [5, 5.41) is 0. The highest BCUT2D eigenvalue weighted by Crippen LogP contribution is 2.45. The summed E-state index contributed by atoms with van der Waals surface area (Å²) >= 11 is 0. The molecule has 1 saturated carbocycles. The summed E-state index contributed by atoms with van der Waals surface area (Å²) < 4.78 is 0. The summed E-state index contributed by atoms with van der Waals surface area (Å²) in [6.07, 6.45) is 8.37. The molecule has 0 radical (unpaired) electrons. The normalized spacial score (nSPS) is 28.3. The van der Waals surface area contributed by atoms with Gasteiger partial charge in [-0.05, 0) is 31.7 Å². The van der Waals surface area contributed by atoms with Gasteiger partial charge >= 0.3 is 0 Å². The van der Waals surface area contributed by atoms with E-state index < -0.39 is 5.41 Å². The first-order chi connectivity index (χ1) is 13.0. The van der Waals surface area contributed by atoms with E-state index in [1.807, 2.05) is 19.0 Å². The van der Waals surface area contributed by atoms with E-state index in [-0.39, 0.29) is 17.7 Å². The molecule has 7 heteroatoms. The number of anilines is 1. The molecule has 3 aliphatic rings. The van der Waals surface area contributed by atoms with Gasteiger partial charge in [-0.2, -0.15) is 0 Å². The molecule has 7 nitrogen and oxygen atoms in total. The van der Waals surface area contributed by atoms with Gasteiger partial charge in [0.05, 0.1) is 5.41 Å². The van der Waals surface area contributed by atoms with Crippen molar-refractivity contribution in [3.63, 3.8) is 0 Å². The third kappa shape index (κ3) is 3.17. The number of likely N-dealkylation sites (tertiary alicyclic amines) is 1. The predicted molar refractivity (Wildman–Crippen MR) is 102 cm³/mol. The van der Waals surface area contributed by atoms with Gasteiger partial charge in [0.2, 0.25) is 17.8 Å². The molecule has 146 valence electrons. The Hall–Kier alpha value is -2.18. The molecule has 0 aromatic carbocycles. The highest BCUT2D eigenvalue weighted by molar-refractivity contribution is 5.85. The lowest BCUT2D eigenvalue weighted by Gasteiger charge is -2.35. The van der Waals surface area contributed by atoms with Crippen LogP contribution in [0.2, 0.25) is 0 Å². The first kappa shape index (κ1) is 18.2. The van der Waals surface area contributed by atoms with Crippen LogP contribution in [0, 0.1) is 17.3 Å². The summed E-state index contributed by atoms with van der Waals surface area (Å²) in [5.74, 6) is 1.46. The lowest BCUT2D eigenvalue weighted by molar-refractivity contribution is -0.143. The second kappa shape index (κ2) is 7.09. The van der Waals surface area contributed by atoms with Crippen LogP contribution in [0.1, 0.15) is 32.1 Å². The first-order valence-corrected chi connectivity index (χ1v) is 10.0. The van der Waals surface area contributed by atoms with E-state index in [1.54, 1.807) is 23.4 Å². The molecule has 2 saturated heterocycles. The van der Waals surface area contributed by atoms with Crippen LogP contribution in [0.4, 0.5) is 5.95 Å². The topological polar surface area (TPSA) is 69.6 Å². The van der Waals surface area contributed by atoms with Gasteiger partial charge < -0.3 is 14.7 Å². The Balaban J connectivity index is 1.61. The Morgan fingerprint density at radius 1 is 1.15 bits per heavy atom. The average Bonchev–Trinajstić information content (AvgIpc) is 2.89. The third-order valence-corrected chi connectivity index (χ3v) is 6.62. The van der Waals surface area contributed by atoms with E-state index in [2.05, 4.69) is 14.9 Å². The molecule has 2 atom stereocenters. The molecule has 3 heterocycles. The molecule has 2 amide bonds. The van der Waals surface area contributed by atoms with Crippen molar-refractivity contribution in [3.8, 4) is 0 Å². The minimum absolute atomic E-state index is 0.114. The Morgan fingerprint density at radius 2 is 1.89 bits per heavy atom. The highest BCUT2D eigenvalue weighted by atomic mass is 16.2. The lowest BCUT2D eigenvalue weighted by Crippen LogP contribution is -2.48. The van der Waals surface area contributed by atoms with Gasteiger partial charge in [-0.1, -0.05) is 6.42 Å². The molecule has 1 aromatic rings. The van der Waals surface area contributed by atoms with Crippen LogP contribution in [-0.2, 0) is 9.59 Å². The first-order valence-electron chi connectivity index (χ1n) is 10.0. The quantitative estimate of drug-likeness (QED) is 0.804. The molecule has 27 heavy (non-hydrogen) atoms. The predicted octanol–water partition coefficient (Wildman–Crippen LogP) is 1.41. The van der Waals surface area contributed by atoms with Crippen molar-refractivity contribution in [2.45, 2.75) is 32.1 Å². The minimum atomic E-state index is -0.461. The third-order valence-electron chi connectivity index (χ3n) is 6.62. The Labute approximate surface area is 160 Å². The fourth-order valence-electron chi connectivity index (χ4n) is 4.95. The van der Waals surface area contributed by atoms with Crippen LogP contribution in [0.5, 0.6) is 0 Å². The maximum atomic E-state index is 13.3. The highest BCUT2D eigenvalue weighted by Gasteiger charge is 2.54. The van der Waals surface area contributed by atoms with Crippen molar-refractivity contribution >= 4 is 17.8 Å². The van der Waals surface area contributed by atoms with Crippen LogP contribution in [0.25, 0.3) is 0 Å². The number of hydrogen-bond donors (Lipinski definition) is 0. The molecule has 0 unspecified atom stereocenters. The second-order valence-corrected chi connectivity index (χ2v) is 8.50. The van der Waals surface area contributed by atoms with Crippen LogP contribution in [0.15, 0.2) is 18.5 Å². The van der Waals surface area contributed by atoms with Gasteiger partial charge in [-0.15, -0.1) is 0 Å². The van der Waals surface area contributed by atoms with Crippen molar-refractivity contribution in [2.75, 3.05) is 45.2 Å². The monoisotopic (exact) mass is 371 g/mol. The van der Waals surface area contributed by atoms with Crippen molar-refractivity contribution in [1.82, 2.24) is 19.8 Å². The molecule has 1 aliphatic carbocycles. The summed E-state index contributed by atoms with van der Waals surface area (Å²) in [6.45, 7) is 2.79. The molecule has 2 aliphatic heterocycles. The van der Waals surface area contributed by atoms with Crippen molar-refractivity contribution < 1.29 is 9.59 Å². The molecule has 3 fully saturated rings. The largest absolute Gasteiger partial charge is 0.348 e. The van der Waals surface area contributed by atoms with E-state index >= 15 is 0 Å². The van der Waals surface area contributed by atoms with Crippen LogP contribution in [0.3, 0.4) is 0 Å². The molecule has 1 aromatic heterocycles. The summed E-state index contributed by atoms with van der Waals surface area (Å²) in [4.78, 5) is 40.8. The van der Waals surface area contributed by atoms with E-state index in [4.69, 9.17) is 0 Å². The molecule has 0 bridgehead atoms. The average molecular weight is 371 g/mol. The van der Waals surface area contributed by atoms with E-state index in [0.29, 0.717) is 24.9 Å². The zero-order valence-corrected chi connectivity index (χ0v) is 16.3. The maximum absolute atomic E-state index is 13.3. The fourth-order valence-corrected chi connectivity index (χ4v) is 4.95. The maximum Gasteiger partial charge on any atom is 0.230 e. The zero-order chi connectivity index (χ0) is 19.0. The van der Waals surface area contributed by atoms with Gasteiger partial charge in [0.1, 0.15) is 0 Å². The number of hydrogen-bond acceptors (Lipinski definition) is 5. The summed E-state index contributed by atoms with van der Waals surface area (Å²) in [6, 6.07) is 1.80. The number of aromatic nitrogens is 2. The van der Waals surface area contributed by atoms with Crippen LogP contribution < -0.4 is 4.90 Å². The lowest BCUT2D eigenvalue weighted by atomic mass is 9.74. The standard InChI is InChI=1S/C20H29N5O2/c1-23(2)18(27)20-8-4-11-24(17(26)15-6-3-7-15)12-16(20)13-25(14-20)19-21-9-5-10-22-19/h5,9-10,15-16H,3-4,6-8,11-14H2,1-2H3/t16-,20-/m1/s1. The molecule has 0 spiro atoms. The van der Waals surface area contributed by atoms with Gasteiger partial charge in [-0.3, -0.25) is 9.59 Å². The summed E-state index contributed by atoms with van der Waals surface area (Å²) in [5.41, 5.74) is -0.461. The second-order valence-electron chi connectivity index (χ2n) is 8.50. The van der Waals surface area contributed by atoms with Gasteiger partial charge in [0.15, 0.2) is 0 Å². The Kier molecular flexibility index (Phi) is 4.78. The van der Waals surface area contributed by atoms with Crippen LogP contribution in [-0.4, -0.2) is 71.9 Å². The minimum Gasteiger partial charge on any atom is -0.348 e. The number of fused-ring (bicyclic) bond motifs is 1. The summed E-state index contributed by atoms with van der Waals surface area (Å²) in [7, 11) is 3.66. The van der Waals surface area contributed by atoms with Gasteiger partial charge in [-0.25, -0.2) is 9.97 Å². The number of rotatable bonds is 3. The van der Waals surface area contributed by atoms with Gasteiger partial charge in [0.25, 0.3) is 0 Å². The van der Waals surface area contributed by atoms with Crippen molar-refractivity contribution in [3.05, 3.63) is 18.5 Å². The van der Waals surface area contributed by atoms with Crippen LogP contribution >= 0.6 is 0 Å². The Morgan fingerprint density at radius 3 is 2.52 bits per heavy atom. The number of carbonyl (C=O) groups excluding carboxylic acids is 2. The molecule has 4 rings (SSSR count). The fraction of sp³-hybridized carbons (Fsp3) is 0.700. The number of nitrogens with zero attached hydrogens (tertiary/aromatic N) is 5. The van der Waals surface area contributed by atoms with Crippen molar-refractivity contribution in [1.29, 1.82) is 0 Å².